The first-order valence-corrected chi connectivity index (χ1v) is 6.65. The Balaban J connectivity index is 2.40. The van der Waals surface area contributed by atoms with Gasteiger partial charge in [-0.25, -0.2) is 4.98 Å². The zero-order chi connectivity index (χ0) is 12.5. The van der Waals surface area contributed by atoms with Crippen LogP contribution in [0.25, 0.3) is 0 Å². The first-order chi connectivity index (χ1) is 8.01. The fourth-order valence-electron chi connectivity index (χ4n) is 1.11. The van der Waals surface area contributed by atoms with Crippen molar-refractivity contribution in [1.82, 2.24) is 4.98 Å². The minimum atomic E-state index is -4.33. The number of aromatic nitrogens is 1. The molecule has 0 bridgehead atoms. The van der Waals surface area contributed by atoms with Gasteiger partial charge in [-0.1, -0.05) is 38.5 Å². The third kappa shape index (κ3) is 2.27. The monoisotopic (exact) mass is 276 g/mol. The second-order valence-electron chi connectivity index (χ2n) is 2.98. The first kappa shape index (κ1) is 11.9. The van der Waals surface area contributed by atoms with E-state index < -0.39 is 24.8 Å². The van der Waals surface area contributed by atoms with Crippen LogP contribution < -0.4 is 4.53 Å². The van der Waals surface area contributed by atoms with Crippen LogP contribution in [0.15, 0.2) is 41.4 Å². The summed E-state index contributed by atoms with van der Waals surface area (Å²) in [7, 11) is -4.33. The minimum Gasteiger partial charge on any atom is -0.223 e. The highest BCUT2D eigenvalue weighted by Crippen LogP contribution is 2.27. The molecule has 1 aromatic heterocycles. The largest absolute Gasteiger partial charge is 0.292 e. The van der Waals surface area contributed by atoms with Crippen molar-refractivity contribution in [3.8, 4) is 0 Å². The summed E-state index contributed by atoms with van der Waals surface area (Å²) in [5.74, 6) is 0. The highest BCUT2D eigenvalue weighted by Gasteiger charge is 2.27. The Morgan fingerprint density at radius 2 is 1.88 bits per heavy atom. The van der Waals surface area contributed by atoms with Crippen molar-refractivity contribution in [1.29, 1.82) is 0 Å². The number of hydrogen-bond donors (Lipinski definition) is 0. The Morgan fingerprint density at radius 3 is 2.41 bits per heavy atom. The molecule has 0 fully saturated rings. The van der Waals surface area contributed by atoms with Crippen LogP contribution >= 0.6 is 11.3 Å². The Hall–Kier alpha value is -1.54. The predicted octanol–water partition coefficient (Wildman–Crippen LogP) is 2.36. The van der Waals surface area contributed by atoms with Crippen molar-refractivity contribution in [3.05, 3.63) is 41.7 Å². The highest BCUT2D eigenvalue weighted by atomic mass is 32.2. The summed E-state index contributed by atoms with van der Waals surface area (Å²) in [6, 6.07) is 7.01. The van der Waals surface area contributed by atoms with Crippen LogP contribution in [0.3, 0.4) is 0 Å². The molecule has 0 aliphatic heterocycles. The molecule has 0 N–H and O–H groups in total. The summed E-state index contributed by atoms with van der Waals surface area (Å²) < 4.78 is 49.2. The molecule has 17 heavy (non-hydrogen) atoms. The lowest BCUT2D eigenvalue weighted by Gasteiger charge is -2.10. The molecule has 8 heteroatoms. The number of benzene rings is 1. The summed E-state index contributed by atoms with van der Waals surface area (Å²) in [4.78, 5) is 3.10. The second-order valence-corrected chi connectivity index (χ2v) is 5.68. The van der Waals surface area contributed by atoms with Gasteiger partial charge in [-0.05, 0) is 12.1 Å². The number of nitrogens with zero attached hydrogens (tertiary/aromatic N) is 2. The summed E-state index contributed by atoms with van der Waals surface area (Å²) >= 11 is 0.311. The van der Waals surface area contributed by atoms with Gasteiger partial charge in [0.25, 0.3) is 10.0 Å². The third-order valence-electron chi connectivity index (χ3n) is 1.87. The minimum absolute atomic E-state index is 0.224. The number of halogens is 2. The van der Waals surface area contributed by atoms with Crippen LogP contribution in [0.4, 0.5) is 14.0 Å². The maximum atomic E-state index is 13.6. The van der Waals surface area contributed by atoms with Crippen LogP contribution in [-0.2, 0) is 10.0 Å². The summed E-state index contributed by atoms with van der Waals surface area (Å²) in [5, 5.41) is -1.32. The fraction of sp³-hybridized carbons (Fsp3) is 0. The Labute approximate surface area is 100 Å². The molecule has 4 nitrogen and oxygen atoms in total. The molecule has 0 aliphatic carbocycles. The van der Waals surface area contributed by atoms with E-state index in [9.17, 15) is 17.3 Å². The molecule has 0 saturated heterocycles. The second kappa shape index (κ2) is 4.38. The molecule has 0 spiro atoms. The molecule has 0 radical (unpaired) electrons. The summed E-state index contributed by atoms with van der Waals surface area (Å²) in [5.41, 5.74) is 0. The molecular weight excluding hydrogens is 270 g/mol. The lowest BCUT2D eigenvalue weighted by molar-refractivity contribution is 0.494. The Kier molecular flexibility index (Phi) is 3.07. The molecule has 1 aromatic carbocycles. The molecule has 90 valence electrons. The Bertz CT molecular complexity index is 613. The maximum absolute atomic E-state index is 13.6. The van der Waals surface area contributed by atoms with E-state index in [1.54, 1.807) is 6.07 Å². The molecule has 0 atom stereocenters. The Morgan fingerprint density at radius 1 is 1.24 bits per heavy atom. The van der Waals surface area contributed by atoms with Crippen molar-refractivity contribution < 1.29 is 17.3 Å². The summed E-state index contributed by atoms with van der Waals surface area (Å²) in [6.45, 7) is 0. The van der Waals surface area contributed by atoms with Gasteiger partial charge in [0.15, 0.2) is 5.13 Å². The van der Waals surface area contributed by atoms with Gasteiger partial charge < -0.3 is 0 Å². The van der Waals surface area contributed by atoms with E-state index >= 15 is 0 Å². The van der Waals surface area contributed by atoms with E-state index in [-0.39, 0.29) is 4.90 Å². The molecule has 0 amide bonds. The van der Waals surface area contributed by atoms with Crippen molar-refractivity contribution >= 4 is 26.5 Å². The van der Waals surface area contributed by atoms with Crippen molar-refractivity contribution in [2.45, 2.75) is 4.90 Å². The number of thiazole rings is 1. The topological polar surface area (TPSA) is 50.3 Å². The predicted molar refractivity (Wildman–Crippen MR) is 59.3 cm³/mol. The van der Waals surface area contributed by atoms with Crippen LogP contribution in [0, 0.1) is 5.13 Å². The van der Waals surface area contributed by atoms with Crippen molar-refractivity contribution in [2.75, 3.05) is 4.53 Å². The molecular formula is C9H6F2N2O2S2. The van der Waals surface area contributed by atoms with E-state index in [0.29, 0.717) is 11.3 Å². The van der Waals surface area contributed by atoms with Gasteiger partial charge in [0.1, 0.15) is 0 Å². The van der Waals surface area contributed by atoms with Crippen molar-refractivity contribution in [3.63, 3.8) is 0 Å². The van der Waals surface area contributed by atoms with E-state index in [1.807, 2.05) is 0 Å². The molecule has 1 heterocycles. The smallest absolute Gasteiger partial charge is 0.223 e. The maximum Gasteiger partial charge on any atom is 0.292 e. The van der Waals surface area contributed by atoms with Gasteiger partial charge in [-0.2, -0.15) is 12.8 Å². The normalized spacial score (nSPS) is 11.4. The highest BCUT2D eigenvalue weighted by molar-refractivity contribution is 7.92. The van der Waals surface area contributed by atoms with Gasteiger partial charge in [0.2, 0.25) is 5.13 Å². The molecule has 0 unspecified atom stereocenters. The van der Waals surface area contributed by atoms with Crippen LogP contribution in [0.2, 0.25) is 0 Å². The number of anilines is 1. The van der Waals surface area contributed by atoms with Crippen LogP contribution in [-0.4, -0.2) is 13.4 Å². The molecule has 0 aliphatic rings. The average molecular weight is 276 g/mol. The lowest BCUT2D eigenvalue weighted by Crippen LogP contribution is -2.22. The van der Waals surface area contributed by atoms with E-state index in [2.05, 4.69) is 4.98 Å². The number of sulfonamides is 1. The zero-order valence-corrected chi connectivity index (χ0v) is 9.88. The first-order valence-electron chi connectivity index (χ1n) is 4.39. The van der Waals surface area contributed by atoms with E-state index in [0.717, 1.165) is 6.20 Å². The van der Waals surface area contributed by atoms with Crippen molar-refractivity contribution in [2.24, 2.45) is 0 Å². The zero-order valence-electron chi connectivity index (χ0n) is 8.25. The standard InChI is InChI=1S/C9H6F2N2O2S2/c10-8-6-12-9(16-8)13(11)17(14,15)7-4-2-1-3-5-7/h1-6H. The van der Waals surface area contributed by atoms with Gasteiger partial charge in [-0.3, -0.25) is 0 Å². The van der Waals surface area contributed by atoms with E-state index in [4.69, 9.17) is 0 Å². The number of hydrogen-bond acceptors (Lipinski definition) is 4. The fourth-order valence-corrected chi connectivity index (χ4v) is 2.92. The third-order valence-corrected chi connectivity index (χ3v) is 4.19. The SMILES string of the molecule is O=S(=O)(c1ccccc1)N(F)c1ncc(F)s1. The van der Waals surface area contributed by atoms with Gasteiger partial charge in [0.05, 0.1) is 11.1 Å². The van der Waals surface area contributed by atoms with Gasteiger partial charge >= 0.3 is 0 Å². The molecule has 0 saturated carbocycles. The van der Waals surface area contributed by atoms with Gasteiger partial charge in [-0.15, -0.1) is 0 Å². The molecule has 2 rings (SSSR count). The summed E-state index contributed by atoms with van der Waals surface area (Å²) in [6.07, 6.45) is 0.757. The molecule has 2 aromatic rings. The average Bonchev–Trinajstić information content (AvgIpc) is 2.76. The van der Waals surface area contributed by atoms with Crippen LogP contribution in [0.5, 0.6) is 0 Å². The van der Waals surface area contributed by atoms with E-state index in [1.165, 1.54) is 24.3 Å². The number of rotatable bonds is 3. The van der Waals surface area contributed by atoms with Gasteiger partial charge in [0, 0.05) is 0 Å². The quantitative estimate of drug-likeness (QED) is 0.809. The lowest BCUT2D eigenvalue weighted by atomic mass is 10.4. The van der Waals surface area contributed by atoms with Crippen LogP contribution in [0.1, 0.15) is 0 Å².